The van der Waals surface area contributed by atoms with Crippen LogP contribution in [0.15, 0.2) is 17.1 Å². The maximum Gasteiger partial charge on any atom is 0.253 e. The Morgan fingerprint density at radius 3 is 2.84 bits per heavy atom. The fourth-order valence-corrected chi connectivity index (χ4v) is 2.25. The fourth-order valence-electron chi connectivity index (χ4n) is 2.25. The van der Waals surface area contributed by atoms with Gasteiger partial charge in [0.15, 0.2) is 0 Å². The summed E-state index contributed by atoms with van der Waals surface area (Å²) in [6.07, 6.45) is 2.55. The molecule has 0 spiro atoms. The van der Waals surface area contributed by atoms with Crippen LogP contribution in [-0.2, 0) is 0 Å². The zero-order chi connectivity index (χ0) is 13.1. The molecule has 1 aliphatic heterocycles. The van der Waals surface area contributed by atoms with Crippen LogP contribution in [0.25, 0.3) is 0 Å². The lowest BCUT2D eigenvalue weighted by Crippen LogP contribution is -2.50. The van der Waals surface area contributed by atoms with Crippen LogP contribution >= 0.6 is 12.4 Å². The summed E-state index contributed by atoms with van der Waals surface area (Å²) in [4.78, 5) is 25.8. The van der Waals surface area contributed by atoms with Gasteiger partial charge in [0.05, 0.1) is 5.56 Å². The second kappa shape index (κ2) is 6.73. The summed E-state index contributed by atoms with van der Waals surface area (Å²) in [6.45, 7) is 5.72. The van der Waals surface area contributed by atoms with E-state index in [0.29, 0.717) is 17.0 Å². The van der Waals surface area contributed by atoms with Gasteiger partial charge in [0, 0.05) is 24.8 Å². The van der Waals surface area contributed by atoms with Crippen LogP contribution in [0.5, 0.6) is 0 Å². The number of H-pyrrole nitrogens is 1. The number of aryl methyl sites for hydroxylation is 1. The van der Waals surface area contributed by atoms with Gasteiger partial charge in [0.25, 0.3) is 5.91 Å². The molecule has 0 bridgehead atoms. The summed E-state index contributed by atoms with van der Waals surface area (Å²) in [5.74, 6) is 0.350. The number of aromatic nitrogens is 1. The average molecular weight is 286 g/mol. The number of nitrogens with one attached hydrogen (secondary N) is 3. The topological polar surface area (TPSA) is 74.0 Å². The van der Waals surface area contributed by atoms with Crippen LogP contribution in [-0.4, -0.2) is 30.0 Å². The SMILES string of the molecule is Cc1cc(=O)[nH]cc1C(=O)NC1CNCCC1C.Cl. The van der Waals surface area contributed by atoms with E-state index in [1.165, 1.54) is 12.3 Å². The van der Waals surface area contributed by atoms with Gasteiger partial charge in [0.1, 0.15) is 0 Å². The molecule has 0 aromatic carbocycles. The lowest BCUT2D eigenvalue weighted by atomic mass is 9.94. The number of carbonyl (C=O) groups is 1. The molecule has 0 radical (unpaired) electrons. The molecule has 2 atom stereocenters. The molecule has 5 nitrogen and oxygen atoms in total. The van der Waals surface area contributed by atoms with E-state index in [2.05, 4.69) is 22.5 Å². The van der Waals surface area contributed by atoms with Crippen molar-refractivity contribution >= 4 is 18.3 Å². The zero-order valence-corrected chi connectivity index (χ0v) is 12.0. The minimum atomic E-state index is -0.184. The van der Waals surface area contributed by atoms with Crippen LogP contribution in [0.2, 0.25) is 0 Å². The molecule has 2 heterocycles. The molecule has 1 saturated heterocycles. The van der Waals surface area contributed by atoms with E-state index in [4.69, 9.17) is 0 Å². The summed E-state index contributed by atoms with van der Waals surface area (Å²) in [5, 5.41) is 6.29. The summed E-state index contributed by atoms with van der Waals surface area (Å²) in [5.41, 5.74) is 1.05. The lowest BCUT2D eigenvalue weighted by molar-refractivity contribution is 0.0914. The van der Waals surface area contributed by atoms with E-state index in [1.54, 1.807) is 6.92 Å². The highest BCUT2D eigenvalue weighted by atomic mass is 35.5. The van der Waals surface area contributed by atoms with Crippen LogP contribution in [0.3, 0.4) is 0 Å². The third-order valence-electron chi connectivity index (χ3n) is 3.52. The maximum atomic E-state index is 12.1. The Morgan fingerprint density at radius 1 is 1.47 bits per heavy atom. The van der Waals surface area contributed by atoms with Crippen molar-refractivity contribution in [2.45, 2.75) is 26.3 Å². The molecule has 1 aliphatic rings. The Morgan fingerprint density at radius 2 is 2.21 bits per heavy atom. The largest absolute Gasteiger partial charge is 0.348 e. The Balaban J connectivity index is 0.00000180. The minimum absolute atomic E-state index is 0. The van der Waals surface area contributed by atoms with Gasteiger partial charge < -0.3 is 15.6 Å². The van der Waals surface area contributed by atoms with Crippen LogP contribution in [0, 0.1) is 12.8 Å². The summed E-state index contributed by atoms with van der Waals surface area (Å²) >= 11 is 0. The summed E-state index contributed by atoms with van der Waals surface area (Å²) in [6, 6.07) is 1.59. The number of hydrogen-bond acceptors (Lipinski definition) is 3. The first kappa shape index (κ1) is 15.7. The third-order valence-corrected chi connectivity index (χ3v) is 3.52. The minimum Gasteiger partial charge on any atom is -0.348 e. The second-order valence-corrected chi connectivity index (χ2v) is 4.94. The van der Waals surface area contributed by atoms with Crippen LogP contribution in [0.1, 0.15) is 29.3 Å². The Kier molecular flexibility index (Phi) is 5.57. The lowest BCUT2D eigenvalue weighted by Gasteiger charge is -2.30. The highest BCUT2D eigenvalue weighted by Crippen LogP contribution is 2.12. The monoisotopic (exact) mass is 285 g/mol. The molecule has 1 amide bonds. The highest BCUT2D eigenvalue weighted by Gasteiger charge is 2.23. The molecule has 2 rings (SSSR count). The van der Waals surface area contributed by atoms with Crippen molar-refractivity contribution in [3.8, 4) is 0 Å². The van der Waals surface area contributed by atoms with Gasteiger partial charge in [-0.1, -0.05) is 6.92 Å². The number of halogens is 1. The van der Waals surface area contributed by atoms with Crippen LogP contribution in [0.4, 0.5) is 0 Å². The number of amides is 1. The van der Waals surface area contributed by atoms with Crippen molar-refractivity contribution in [1.29, 1.82) is 0 Å². The van der Waals surface area contributed by atoms with Gasteiger partial charge in [-0.3, -0.25) is 9.59 Å². The predicted octanol–water partition coefficient (Wildman–Crippen LogP) is 0.833. The summed E-state index contributed by atoms with van der Waals surface area (Å²) < 4.78 is 0. The van der Waals surface area contributed by atoms with Gasteiger partial charge in [-0.2, -0.15) is 0 Å². The second-order valence-electron chi connectivity index (χ2n) is 4.94. The smallest absolute Gasteiger partial charge is 0.253 e. The van der Waals surface area contributed by atoms with Gasteiger partial charge in [-0.15, -0.1) is 12.4 Å². The van der Waals surface area contributed by atoms with Crippen molar-refractivity contribution in [2.24, 2.45) is 5.92 Å². The number of hydrogen-bond donors (Lipinski definition) is 3. The molecule has 3 N–H and O–H groups in total. The van der Waals surface area contributed by atoms with Gasteiger partial charge in [-0.25, -0.2) is 0 Å². The van der Waals surface area contributed by atoms with E-state index in [-0.39, 0.29) is 29.9 Å². The summed E-state index contributed by atoms with van der Waals surface area (Å²) in [7, 11) is 0. The predicted molar refractivity (Wildman–Crippen MR) is 77.0 cm³/mol. The molecule has 0 saturated carbocycles. The molecule has 1 aromatic rings. The average Bonchev–Trinajstić information content (AvgIpc) is 2.32. The van der Waals surface area contributed by atoms with E-state index in [0.717, 1.165) is 19.5 Å². The molecule has 106 valence electrons. The van der Waals surface area contributed by atoms with E-state index in [9.17, 15) is 9.59 Å². The van der Waals surface area contributed by atoms with Crippen molar-refractivity contribution < 1.29 is 4.79 Å². The number of piperidine rings is 1. The van der Waals surface area contributed by atoms with E-state index >= 15 is 0 Å². The number of pyridine rings is 1. The molecule has 2 unspecified atom stereocenters. The molecule has 0 aliphatic carbocycles. The highest BCUT2D eigenvalue weighted by molar-refractivity contribution is 5.95. The first-order valence-electron chi connectivity index (χ1n) is 6.29. The van der Waals surface area contributed by atoms with E-state index in [1.807, 2.05) is 0 Å². The van der Waals surface area contributed by atoms with Gasteiger partial charge >= 0.3 is 0 Å². The molecular formula is C13H20ClN3O2. The van der Waals surface area contributed by atoms with Crippen molar-refractivity contribution in [3.05, 3.63) is 33.7 Å². The fraction of sp³-hybridized carbons (Fsp3) is 0.538. The van der Waals surface area contributed by atoms with Crippen LogP contribution < -0.4 is 16.2 Å². The molecule has 19 heavy (non-hydrogen) atoms. The number of aromatic amines is 1. The number of rotatable bonds is 2. The molecular weight excluding hydrogens is 266 g/mol. The first-order chi connectivity index (χ1) is 8.58. The normalized spacial score (nSPS) is 22.4. The van der Waals surface area contributed by atoms with E-state index < -0.39 is 0 Å². The van der Waals surface area contributed by atoms with Gasteiger partial charge in [0.2, 0.25) is 5.56 Å². The Labute approximate surface area is 118 Å². The molecule has 1 fully saturated rings. The Bertz CT molecular complexity index is 501. The maximum absolute atomic E-state index is 12.1. The molecule has 6 heteroatoms. The van der Waals surface area contributed by atoms with Crippen molar-refractivity contribution in [2.75, 3.05) is 13.1 Å². The van der Waals surface area contributed by atoms with Crippen molar-refractivity contribution in [1.82, 2.24) is 15.6 Å². The Hall–Kier alpha value is -1.33. The van der Waals surface area contributed by atoms with Crippen molar-refractivity contribution in [3.63, 3.8) is 0 Å². The standard InChI is InChI=1S/C13H19N3O2.ClH/c1-8-3-4-14-7-11(8)16-13(18)10-6-15-12(17)5-9(10)2;/h5-6,8,11,14H,3-4,7H2,1-2H3,(H,15,17)(H,16,18);1H. The molecule has 1 aromatic heterocycles. The first-order valence-corrected chi connectivity index (χ1v) is 6.29. The van der Waals surface area contributed by atoms with Gasteiger partial charge in [-0.05, 0) is 31.4 Å². The third kappa shape index (κ3) is 3.81. The number of carbonyl (C=O) groups excluding carboxylic acids is 1. The quantitative estimate of drug-likeness (QED) is 0.754. The zero-order valence-electron chi connectivity index (χ0n) is 11.2.